The molecular weight excluding hydrogens is 503 g/mol. The van der Waals surface area contributed by atoms with Crippen molar-refractivity contribution in [1.82, 2.24) is 5.32 Å². The number of anilines is 3. The van der Waals surface area contributed by atoms with Gasteiger partial charge in [-0.15, -0.1) is 0 Å². The summed E-state index contributed by atoms with van der Waals surface area (Å²) in [4.78, 5) is 39.9. The van der Waals surface area contributed by atoms with Crippen LogP contribution < -0.4 is 21.3 Å². The number of nitrogens with zero attached hydrogens (tertiary/aromatic N) is 1. The number of hydrogen-bond donors (Lipinski definition) is 3. The lowest BCUT2D eigenvalue weighted by atomic mass is 10.0. The summed E-state index contributed by atoms with van der Waals surface area (Å²) in [6, 6.07) is 15.8. The van der Waals surface area contributed by atoms with Gasteiger partial charge in [-0.05, 0) is 42.0 Å². The highest BCUT2D eigenvalue weighted by Crippen LogP contribution is 2.26. The molecule has 0 fully saturated rings. The van der Waals surface area contributed by atoms with Gasteiger partial charge < -0.3 is 26.0 Å². The molecule has 8 nitrogen and oxygen atoms in total. The zero-order chi connectivity index (χ0) is 26.4. The summed E-state index contributed by atoms with van der Waals surface area (Å²) in [5.74, 6) is -1.57. The standard InChI is InChI=1S/C26H26Cl2N4O4/c1-32(2)21-9-5-8-19(29)23(21)25(34)30-16-12-10-15(11-13-16)14-20(26(35)36-3)31-24(33)22-17(27)6-4-7-18(22)28/h4-13,20H,14,29H2,1-3H3,(H,30,34)(H,31,33)/t20-/m0/s1. The Morgan fingerprint density at radius 2 is 1.53 bits per heavy atom. The number of carbonyl (C=O) groups excluding carboxylic acids is 3. The fourth-order valence-corrected chi connectivity index (χ4v) is 4.18. The van der Waals surface area contributed by atoms with Crippen molar-refractivity contribution < 1.29 is 19.1 Å². The first kappa shape index (κ1) is 26.8. The van der Waals surface area contributed by atoms with Crippen molar-refractivity contribution in [2.75, 3.05) is 37.2 Å². The minimum absolute atomic E-state index is 0.0741. The molecule has 0 spiro atoms. The highest BCUT2D eigenvalue weighted by atomic mass is 35.5. The molecule has 0 aliphatic heterocycles. The smallest absolute Gasteiger partial charge is 0.328 e. The average Bonchev–Trinajstić information content (AvgIpc) is 2.83. The molecule has 0 aliphatic carbocycles. The molecule has 4 N–H and O–H groups in total. The van der Waals surface area contributed by atoms with E-state index >= 15 is 0 Å². The maximum Gasteiger partial charge on any atom is 0.328 e. The topological polar surface area (TPSA) is 114 Å². The van der Waals surface area contributed by atoms with Gasteiger partial charge in [-0.3, -0.25) is 9.59 Å². The van der Waals surface area contributed by atoms with E-state index in [4.69, 9.17) is 33.7 Å². The van der Waals surface area contributed by atoms with Crippen molar-refractivity contribution >= 4 is 58.0 Å². The van der Waals surface area contributed by atoms with Crippen LogP contribution in [0.2, 0.25) is 10.0 Å². The fraction of sp³-hybridized carbons (Fsp3) is 0.192. The lowest BCUT2D eigenvalue weighted by Crippen LogP contribution is -2.43. The number of nitrogens with one attached hydrogen (secondary N) is 2. The summed E-state index contributed by atoms with van der Waals surface area (Å²) in [7, 11) is 4.90. The quantitative estimate of drug-likeness (QED) is 0.294. The maximum atomic E-state index is 12.9. The van der Waals surface area contributed by atoms with Crippen LogP contribution >= 0.6 is 23.2 Å². The Morgan fingerprint density at radius 3 is 2.11 bits per heavy atom. The van der Waals surface area contributed by atoms with Gasteiger partial charge in [0.05, 0.1) is 34.0 Å². The van der Waals surface area contributed by atoms with Crippen molar-refractivity contribution in [1.29, 1.82) is 0 Å². The molecule has 10 heteroatoms. The first-order chi connectivity index (χ1) is 17.1. The van der Waals surface area contributed by atoms with Crippen LogP contribution in [0.5, 0.6) is 0 Å². The number of hydrogen-bond acceptors (Lipinski definition) is 6. The fourth-order valence-electron chi connectivity index (χ4n) is 3.61. The molecule has 0 aromatic heterocycles. The molecule has 188 valence electrons. The second-order valence-corrected chi connectivity index (χ2v) is 8.95. The van der Waals surface area contributed by atoms with Gasteiger partial charge >= 0.3 is 5.97 Å². The minimum atomic E-state index is -0.984. The molecular formula is C26H26Cl2N4O4. The molecule has 0 saturated heterocycles. The Balaban J connectivity index is 1.74. The molecule has 3 aromatic rings. The average molecular weight is 529 g/mol. The Labute approximate surface area is 219 Å². The Morgan fingerprint density at radius 1 is 0.917 bits per heavy atom. The lowest BCUT2D eigenvalue weighted by molar-refractivity contribution is -0.142. The monoisotopic (exact) mass is 528 g/mol. The van der Waals surface area contributed by atoms with E-state index < -0.39 is 17.9 Å². The van der Waals surface area contributed by atoms with E-state index in [0.29, 0.717) is 22.6 Å². The van der Waals surface area contributed by atoms with Crippen molar-refractivity contribution in [2.24, 2.45) is 0 Å². The van der Waals surface area contributed by atoms with Crippen LogP contribution in [0.4, 0.5) is 17.1 Å². The van der Waals surface area contributed by atoms with Gasteiger partial charge in [0.25, 0.3) is 11.8 Å². The second-order valence-electron chi connectivity index (χ2n) is 8.14. The Kier molecular flexibility index (Phi) is 8.79. The number of benzene rings is 3. The van der Waals surface area contributed by atoms with Crippen LogP contribution in [0, 0.1) is 0 Å². The van der Waals surface area contributed by atoms with Gasteiger partial charge in [0.15, 0.2) is 0 Å². The van der Waals surface area contributed by atoms with Crippen LogP contribution in [-0.2, 0) is 16.0 Å². The van der Waals surface area contributed by atoms with Crippen molar-refractivity contribution in [3.63, 3.8) is 0 Å². The summed E-state index contributed by atoms with van der Waals surface area (Å²) in [5, 5.41) is 5.81. The third kappa shape index (κ3) is 6.27. The SMILES string of the molecule is COC(=O)[C@H](Cc1ccc(NC(=O)c2c(N)cccc2N(C)C)cc1)NC(=O)c1c(Cl)cccc1Cl. The summed E-state index contributed by atoms with van der Waals surface area (Å²) < 4.78 is 4.86. The molecule has 0 aliphatic rings. The van der Waals surface area contributed by atoms with Gasteiger partial charge in [0, 0.05) is 31.9 Å². The second kappa shape index (κ2) is 11.8. The van der Waals surface area contributed by atoms with Gasteiger partial charge in [0.2, 0.25) is 0 Å². The summed E-state index contributed by atoms with van der Waals surface area (Å²) in [6.45, 7) is 0. The van der Waals surface area contributed by atoms with Crippen molar-refractivity contribution in [3.05, 3.63) is 87.4 Å². The van der Waals surface area contributed by atoms with E-state index in [1.807, 2.05) is 25.1 Å². The van der Waals surface area contributed by atoms with Crippen LogP contribution in [0.15, 0.2) is 60.7 Å². The van der Waals surface area contributed by atoms with E-state index in [1.54, 1.807) is 42.5 Å². The minimum Gasteiger partial charge on any atom is -0.467 e. The predicted octanol–water partition coefficient (Wildman–Crippen LogP) is 4.41. The number of esters is 1. The number of nitrogen functional groups attached to an aromatic ring is 1. The van der Waals surface area contributed by atoms with Gasteiger partial charge in [-0.25, -0.2) is 4.79 Å². The summed E-state index contributed by atoms with van der Waals surface area (Å²) in [6.07, 6.45) is 0.144. The zero-order valence-corrected chi connectivity index (χ0v) is 21.5. The van der Waals surface area contributed by atoms with Crippen molar-refractivity contribution in [2.45, 2.75) is 12.5 Å². The first-order valence-corrected chi connectivity index (χ1v) is 11.7. The molecule has 3 rings (SSSR count). The number of halogens is 2. The van der Waals surface area contributed by atoms with Crippen molar-refractivity contribution in [3.8, 4) is 0 Å². The largest absolute Gasteiger partial charge is 0.467 e. The molecule has 2 amide bonds. The Bertz CT molecular complexity index is 1260. The number of nitrogens with two attached hydrogens (primary N) is 1. The normalized spacial score (nSPS) is 11.4. The molecule has 0 unspecified atom stereocenters. The van der Waals surface area contributed by atoms with E-state index in [0.717, 1.165) is 5.56 Å². The van der Waals surface area contributed by atoms with Gasteiger partial charge in [-0.2, -0.15) is 0 Å². The number of amides is 2. The molecule has 36 heavy (non-hydrogen) atoms. The molecule has 3 aromatic carbocycles. The molecule has 1 atom stereocenters. The van der Waals surface area contributed by atoms with E-state index in [9.17, 15) is 14.4 Å². The predicted molar refractivity (Wildman–Crippen MR) is 143 cm³/mol. The molecule has 0 bridgehead atoms. The lowest BCUT2D eigenvalue weighted by Gasteiger charge is -2.19. The number of ether oxygens (including phenoxy) is 1. The highest BCUT2D eigenvalue weighted by molar-refractivity contribution is 6.39. The first-order valence-electron chi connectivity index (χ1n) is 10.9. The highest BCUT2D eigenvalue weighted by Gasteiger charge is 2.25. The number of carbonyl (C=O) groups is 3. The molecule has 0 saturated carbocycles. The van der Waals surface area contributed by atoms with E-state index in [2.05, 4.69) is 10.6 Å². The molecule has 0 heterocycles. The van der Waals surface area contributed by atoms with E-state index in [1.165, 1.54) is 19.2 Å². The third-order valence-corrected chi connectivity index (χ3v) is 6.05. The summed E-state index contributed by atoms with van der Waals surface area (Å²) >= 11 is 12.2. The third-order valence-electron chi connectivity index (χ3n) is 5.42. The van der Waals surface area contributed by atoms with Crippen LogP contribution in [0.1, 0.15) is 26.3 Å². The maximum absolute atomic E-state index is 12.9. The zero-order valence-electron chi connectivity index (χ0n) is 20.0. The molecule has 0 radical (unpaired) electrons. The van der Waals surface area contributed by atoms with Gasteiger partial charge in [-0.1, -0.05) is 47.5 Å². The van der Waals surface area contributed by atoms with Crippen LogP contribution in [0.3, 0.4) is 0 Å². The van der Waals surface area contributed by atoms with Crippen LogP contribution in [0.25, 0.3) is 0 Å². The number of rotatable bonds is 8. The number of methoxy groups -OCH3 is 1. The summed E-state index contributed by atoms with van der Waals surface area (Å²) in [5.41, 5.74) is 8.82. The van der Waals surface area contributed by atoms with E-state index in [-0.39, 0.29) is 27.9 Å². The van der Waals surface area contributed by atoms with Crippen LogP contribution in [-0.4, -0.2) is 45.0 Å². The Hall–Kier alpha value is -3.75. The van der Waals surface area contributed by atoms with Gasteiger partial charge in [0.1, 0.15) is 6.04 Å².